The number of carboxylic acids is 1. The fraction of sp³-hybridized carbons (Fsp3) is 0.429. The number of nitrogens with zero attached hydrogens (tertiary/aromatic N) is 1. The number of carbonyl (C=O) groups excluding carboxylic acids is 1. The summed E-state index contributed by atoms with van der Waals surface area (Å²) >= 11 is 5.91. The Morgan fingerprint density at radius 2 is 2.09 bits per heavy atom. The summed E-state index contributed by atoms with van der Waals surface area (Å²) in [6, 6.07) is 3.79. The second-order valence-corrected chi connectivity index (χ2v) is 5.55. The number of benzene rings is 1. The number of nitro groups is 1. The monoisotopic (exact) mass is 328 g/mol. The van der Waals surface area contributed by atoms with E-state index in [1.54, 1.807) is 0 Å². The van der Waals surface area contributed by atoms with Gasteiger partial charge in [-0.3, -0.25) is 14.9 Å². The molecule has 1 aromatic rings. The normalized spacial score (nSPS) is 13.2. The van der Waals surface area contributed by atoms with Crippen molar-refractivity contribution in [1.82, 2.24) is 5.32 Å². The van der Waals surface area contributed by atoms with Gasteiger partial charge in [-0.25, -0.2) is 4.79 Å². The minimum absolute atomic E-state index is 0.0943. The predicted molar refractivity (Wildman–Crippen MR) is 80.9 cm³/mol. The number of rotatable bonds is 7. The molecule has 0 aliphatic heterocycles. The van der Waals surface area contributed by atoms with Crippen molar-refractivity contribution in [3.63, 3.8) is 0 Å². The molecule has 0 saturated carbocycles. The van der Waals surface area contributed by atoms with Crippen molar-refractivity contribution in [3.05, 3.63) is 38.9 Å². The van der Waals surface area contributed by atoms with Gasteiger partial charge in [0.05, 0.1) is 16.4 Å². The number of halogens is 1. The molecule has 1 rings (SSSR count). The highest BCUT2D eigenvalue weighted by atomic mass is 35.5. The van der Waals surface area contributed by atoms with Crippen LogP contribution in [0.1, 0.15) is 32.3 Å². The fourth-order valence-electron chi connectivity index (χ4n) is 2.04. The van der Waals surface area contributed by atoms with E-state index < -0.39 is 22.3 Å². The van der Waals surface area contributed by atoms with E-state index in [1.807, 2.05) is 6.92 Å². The van der Waals surface area contributed by atoms with Crippen LogP contribution in [0.3, 0.4) is 0 Å². The number of nitro benzene ring substituents is 1. The zero-order valence-corrected chi connectivity index (χ0v) is 13.0. The molecular formula is C14H17ClN2O5. The van der Waals surface area contributed by atoms with Gasteiger partial charge in [-0.2, -0.15) is 0 Å². The Labute approximate surface area is 132 Å². The fourth-order valence-corrected chi connectivity index (χ4v) is 2.28. The number of aliphatic carboxylic acids is 1. The maximum Gasteiger partial charge on any atom is 0.329 e. The van der Waals surface area contributed by atoms with Crippen molar-refractivity contribution < 1.29 is 19.6 Å². The molecule has 0 radical (unpaired) electrons. The van der Waals surface area contributed by atoms with Crippen LogP contribution in [0.15, 0.2) is 18.2 Å². The van der Waals surface area contributed by atoms with Crippen LogP contribution >= 0.6 is 11.6 Å². The zero-order valence-electron chi connectivity index (χ0n) is 12.3. The summed E-state index contributed by atoms with van der Waals surface area (Å²) < 4.78 is 0. The third kappa shape index (κ3) is 4.42. The number of carbonyl (C=O) groups is 2. The molecule has 0 spiro atoms. The van der Waals surface area contributed by atoms with Crippen molar-refractivity contribution in [2.75, 3.05) is 0 Å². The number of hydrogen-bond donors (Lipinski definition) is 2. The van der Waals surface area contributed by atoms with Gasteiger partial charge in [-0.1, -0.05) is 31.0 Å². The largest absolute Gasteiger partial charge is 0.480 e. The predicted octanol–water partition coefficient (Wildman–Crippen LogP) is 2.55. The van der Waals surface area contributed by atoms with Crippen LogP contribution in [0.25, 0.3) is 0 Å². The Kier molecular flexibility index (Phi) is 5.87. The van der Waals surface area contributed by atoms with E-state index in [1.165, 1.54) is 19.1 Å². The lowest BCUT2D eigenvalue weighted by Gasteiger charge is -2.25. The molecule has 1 amide bonds. The zero-order chi connectivity index (χ0) is 16.9. The summed E-state index contributed by atoms with van der Waals surface area (Å²) in [4.78, 5) is 33.3. The maximum atomic E-state index is 12.0. The third-order valence-electron chi connectivity index (χ3n) is 3.24. The average molecular weight is 329 g/mol. The summed E-state index contributed by atoms with van der Waals surface area (Å²) in [5.74, 6) is -1.62. The van der Waals surface area contributed by atoms with Crippen LogP contribution < -0.4 is 5.32 Å². The first-order valence-corrected chi connectivity index (χ1v) is 7.04. The molecule has 8 heteroatoms. The number of nitrogens with one attached hydrogen (secondary N) is 1. The molecule has 0 heterocycles. The first-order valence-electron chi connectivity index (χ1n) is 6.67. The molecule has 0 aliphatic carbocycles. The lowest BCUT2D eigenvalue weighted by atomic mass is 9.96. The van der Waals surface area contributed by atoms with E-state index in [0.717, 1.165) is 6.07 Å². The quantitative estimate of drug-likeness (QED) is 0.590. The van der Waals surface area contributed by atoms with Gasteiger partial charge in [-0.15, -0.1) is 0 Å². The molecule has 0 aromatic heterocycles. The molecule has 1 atom stereocenters. The van der Waals surface area contributed by atoms with Gasteiger partial charge in [0.15, 0.2) is 0 Å². The van der Waals surface area contributed by atoms with Crippen LogP contribution in [-0.2, 0) is 16.0 Å². The molecule has 0 aliphatic rings. The molecule has 22 heavy (non-hydrogen) atoms. The van der Waals surface area contributed by atoms with Crippen LogP contribution in [0, 0.1) is 10.1 Å². The van der Waals surface area contributed by atoms with E-state index >= 15 is 0 Å². The van der Waals surface area contributed by atoms with Crippen molar-refractivity contribution in [2.45, 2.75) is 38.6 Å². The third-order valence-corrected chi connectivity index (χ3v) is 3.59. The maximum absolute atomic E-state index is 12.0. The van der Waals surface area contributed by atoms with Crippen LogP contribution in [0.5, 0.6) is 0 Å². The number of carboxylic acid groups (broad SMARTS) is 1. The molecule has 7 nitrogen and oxygen atoms in total. The lowest BCUT2D eigenvalue weighted by Crippen LogP contribution is -2.52. The van der Waals surface area contributed by atoms with Gasteiger partial charge in [0.25, 0.3) is 5.69 Å². The Morgan fingerprint density at radius 1 is 1.45 bits per heavy atom. The Morgan fingerprint density at radius 3 is 2.55 bits per heavy atom. The molecule has 1 aromatic carbocycles. The van der Waals surface area contributed by atoms with Crippen LogP contribution in [0.2, 0.25) is 5.02 Å². The van der Waals surface area contributed by atoms with Gasteiger partial charge < -0.3 is 10.4 Å². The van der Waals surface area contributed by atoms with Crippen LogP contribution in [0.4, 0.5) is 5.69 Å². The van der Waals surface area contributed by atoms with Crippen LogP contribution in [-0.4, -0.2) is 27.4 Å². The Balaban J connectivity index is 2.85. The topological polar surface area (TPSA) is 110 Å². The van der Waals surface area contributed by atoms with E-state index in [0.29, 0.717) is 18.4 Å². The molecule has 1 unspecified atom stereocenters. The summed E-state index contributed by atoms with van der Waals surface area (Å²) in [5, 5.41) is 22.4. The van der Waals surface area contributed by atoms with Crippen molar-refractivity contribution >= 4 is 29.2 Å². The standard InChI is InChI=1S/C14H17ClN2O5/c1-3-6-14(2,13(19)20)16-12(18)7-9-4-5-10(17(21)22)8-11(9)15/h4-5,8H,3,6-7H2,1-2H3,(H,16,18)(H,19,20). The second kappa shape index (κ2) is 7.22. The van der Waals surface area contributed by atoms with Gasteiger partial charge >= 0.3 is 5.97 Å². The van der Waals surface area contributed by atoms with Crippen molar-refractivity contribution in [2.24, 2.45) is 0 Å². The average Bonchev–Trinajstić information content (AvgIpc) is 2.40. The second-order valence-electron chi connectivity index (χ2n) is 5.15. The van der Waals surface area contributed by atoms with E-state index in [2.05, 4.69) is 5.32 Å². The smallest absolute Gasteiger partial charge is 0.329 e. The summed E-state index contributed by atoms with van der Waals surface area (Å²) in [7, 11) is 0. The molecule has 120 valence electrons. The minimum Gasteiger partial charge on any atom is -0.480 e. The first-order chi connectivity index (χ1) is 10.2. The summed E-state index contributed by atoms with van der Waals surface area (Å²) in [6.07, 6.45) is 0.743. The van der Waals surface area contributed by atoms with Gasteiger partial charge in [0.1, 0.15) is 5.54 Å². The van der Waals surface area contributed by atoms with Crippen molar-refractivity contribution in [3.8, 4) is 0 Å². The molecule has 0 bridgehead atoms. The highest BCUT2D eigenvalue weighted by molar-refractivity contribution is 6.31. The molecular weight excluding hydrogens is 312 g/mol. The van der Waals surface area contributed by atoms with Crippen molar-refractivity contribution in [1.29, 1.82) is 0 Å². The highest BCUT2D eigenvalue weighted by Crippen LogP contribution is 2.23. The van der Waals surface area contributed by atoms with Gasteiger partial charge in [0, 0.05) is 12.1 Å². The first kappa shape index (κ1) is 17.9. The SMILES string of the molecule is CCCC(C)(NC(=O)Cc1ccc([N+](=O)[O-])cc1Cl)C(=O)O. The van der Waals surface area contributed by atoms with E-state index in [4.69, 9.17) is 11.6 Å². The Bertz CT molecular complexity index is 605. The van der Waals surface area contributed by atoms with Gasteiger partial charge in [-0.05, 0) is 18.9 Å². The highest BCUT2D eigenvalue weighted by Gasteiger charge is 2.33. The lowest BCUT2D eigenvalue weighted by molar-refractivity contribution is -0.384. The summed E-state index contributed by atoms with van der Waals surface area (Å²) in [5.41, 5.74) is -1.12. The molecule has 0 fully saturated rings. The number of non-ortho nitro benzene ring substituents is 1. The number of hydrogen-bond acceptors (Lipinski definition) is 4. The van der Waals surface area contributed by atoms with E-state index in [9.17, 15) is 24.8 Å². The molecule has 2 N–H and O–H groups in total. The minimum atomic E-state index is -1.35. The number of amides is 1. The summed E-state index contributed by atoms with van der Waals surface area (Å²) in [6.45, 7) is 3.26. The van der Waals surface area contributed by atoms with E-state index in [-0.39, 0.29) is 17.1 Å². The molecule has 0 saturated heterocycles. The van der Waals surface area contributed by atoms with Gasteiger partial charge in [0.2, 0.25) is 5.91 Å². The Hall–Kier alpha value is -2.15.